The third-order valence-electron chi connectivity index (χ3n) is 10.8. The fourth-order valence-electron chi connectivity index (χ4n) is 7.17. The number of aliphatic hydroxyl groups is 2. The maximum atomic E-state index is 13.1. The van der Waals surface area contributed by atoms with Crippen LogP contribution in [0.1, 0.15) is 245 Å². The van der Waals surface area contributed by atoms with Crippen LogP contribution >= 0.6 is 0 Å². The number of unbranched alkanes of at least 4 members (excludes halogenated alkanes) is 26. The molecule has 6 heteroatoms. The van der Waals surface area contributed by atoms with Crippen molar-refractivity contribution in [3.63, 3.8) is 0 Å². The molecule has 0 saturated carbocycles. The molecule has 0 aliphatic heterocycles. The van der Waals surface area contributed by atoms with Gasteiger partial charge < -0.3 is 20.3 Å². The number of carbonyl (C=O) groups excluding carboxylic acids is 2. The summed E-state index contributed by atoms with van der Waals surface area (Å²) in [6.45, 7) is 6.40. The molecule has 3 N–H and O–H groups in total. The Hall–Kier alpha value is -1.66. The topological polar surface area (TPSA) is 95.9 Å². The summed E-state index contributed by atoms with van der Waals surface area (Å²) in [5, 5.41) is 23.5. The first-order valence-corrected chi connectivity index (χ1v) is 23.6. The maximum Gasteiger partial charge on any atom is 0.306 e. The lowest BCUT2D eigenvalue weighted by molar-refractivity contribution is -0.151. The summed E-state index contributed by atoms with van der Waals surface area (Å²) in [4.78, 5) is 25.9. The lowest BCUT2D eigenvalue weighted by atomic mass is 10.0. The van der Waals surface area contributed by atoms with Crippen molar-refractivity contribution in [2.75, 3.05) is 6.61 Å². The van der Waals surface area contributed by atoms with Gasteiger partial charge in [0, 0.05) is 6.42 Å². The Morgan fingerprint density at radius 1 is 0.537 bits per heavy atom. The molecule has 54 heavy (non-hydrogen) atoms. The van der Waals surface area contributed by atoms with Crippen LogP contribution in [0.25, 0.3) is 0 Å². The summed E-state index contributed by atoms with van der Waals surface area (Å²) in [5.74, 6) is -0.477. The van der Waals surface area contributed by atoms with Crippen LogP contribution in [0.5, 0.6) is 0 Å². The lowest BCUT2D eigenvalue weighted by Gasteiger charge is -2.24. The molecule has 0 heterocycles. The second-order valence-corrected chi connectivity index (χ2v) is 16.2. The molecule has 0 rings (SSSR count). The number of esters is 1. The number of rotatable bonds is 42. The van der Waals surface area contributed by atoms with Crippen molar-refractivity contribution >= 4 is 11.9 Å². The van der Waals surface area contributed by atoms with E-state index < -0.39 is 18.2 Å². The van der Waals surface area contributed by atoms with Crippen LogP contribution in [-0.2, 0) is 14.3 Å². The van der Waals surface area contributed by atoms with E-state index in [4.69, 9.17) is 4.74 Å². The van der Waals surface area contributed by atoms with Gasteiger partial charge in [0.25, 0.3) is 0 Å². The first-order chi connectivity index (χ1) is 26.5. The van der Waals surface area contributed by atoms with Crippen LogP contribution in [0.3, 0.4) is 0 Å². The van der Waals surface area contributed by atoms with Gasteiger partial charge in [0.1, 0.15) is 6.10 Å². The minimum atomic E-state index is -0.780. The van der Waals surface area contributed by atoms with E-state index in [1.54, 1.807) is 0 Å². The highest BCUT2D eigenvalue weighted by Crippen LogP contribution is 2.17. The van der Waals surface area contributed by atoms with Gasteiger partial charge in [0.05, 0.1) is 25.2 Å². The minimum absolute atomic E-state index is 0.0790. The van der Waals surface area contributed by atoms with Crippen LogP contribution in [-0.4, -0.2) is 46.9 Å². The van der Waals surface area contributed by atoms with Gasteiger partial charge >= 0.3 is 5.97 Å². The zero-order valence-electron chi connectivity index (χ0n) is 36.1. The van der Waals surface area contributed by atoms with Gasteiger partial charge in [-0.25, -0.2) is 0 Å². The third-order valence-corrected chi connectivity index (χ3v) is 10.8. The molecule has 318 valence electrons. The fraction of sp³-hybridized carbons (Fsp3) is 0.875. The van der Waals surface area contributed by atoms with Gasteiger partial charge in [0.2, 0.25) is 5.91 Å². The highest BCUT2D eigenvalue weighted by molar-refractivity contribution is 5.77. The van der Waals surface area contributed by atoms with Crippen molar-refractivity contribution in [2.24, 2.45) is 0 Å². The monoisotopic (exact) mass is 762 g/mol. The Morgan fingerprint density at radius 3 is 1.44 bits per heavy atom. The first kappa shape index (κ1) is 52.3. The summed E-state index contributed by atoms with van der Waals surface area (Å²) in [6.07, 6.45) is 46.8. The number of allylic oxidation sites excluding steroid dienone is 4. The van der Waals surface area contributed by atoms with Gasteiger partial charge in [0.15, 0.2) is 0 Å². The predicted molar refractivity (Wildman–Crippen MR) is 232 cm³/mol. The number of nitrogens with one attached hydrogen (secondary N) is 1. The zero-order chi connectivity index (χ0) is 39.6. The highest BCUT2D eigenvalue weighted by Gasteiger charge is 2.24. The van der Waals surface area contributed by atoms with Gasteiger partial charge in [-0.15, -0.1) is 0 Å². The third kappa shape index (κ3) is 37.3. The van der Waals surface area contributed by atoms with Crippen LogP contribution < -0.4 is 5.32 Å². The Balaban J connectivity index is 4.34. The van der Waals surface area contributed by atoms with Crippen LogP contribution in [0.2, 0.25) is 0 Å². The number of amides is 1. The van der Waals surface area contributed by atoms with E-state index in [1.165, 1.54) is 141 Å². The van der Waals surface area contributed by atoms with Gasteiger partial charge in [-0.1, -0.05) is 199 Å². The van der Waals surface area contributed by atoms with E-state index in [0.717, 1.165) is 57.8 Å². The van der Waals surface area contributed by atoms with Crippen molar-refractivity contribution in [2.45, 2.75) is 264 Å². The van der Waals surface area contributed by atoms with Gasteiger partial charge in [-0.2, -0.15) is 0 Å². The number of aliphatic hydroxyl groups excluding tert-OH is 2. The molecule has 0 fully saturated rings. The molecular weight excluding hydrogens is 671 g/mol. The average molecular weight is 762 g/mol. The number of ether oxygens (including phenoxy) is 1. The Labute approximate surface area is 335 Å². The smallest absolute Gasteiger partial charge is 0.306 e. The van der Waals surface area contributed by atoms with Crippen LogP contribution in [0.4, 0.5) is 0 Å². The molecule has 0 aliphatic carbocycles. The highest BCUT2D eigenvalue weighted by atomic mass is 16.5. The fourth-order valence-corrected chi connectivity index (χ4v) is 7.17. The van der Waals surface area contributed by atoms with E-state index in [9.17, 15) is 19.8 Å². The maximum absolute atomic E-state index is 13.1. The molecule has 0 bridgehead atoms. The van der Waals surface area contributed by atoms with Crippen molar-refractivity contribution in [1.82, 2.24) is 5.32 Å². The Bertz CT molecular complexity index is 858. The van der Waals surface area contributed by atoms with Crippen molar-refractivity contribution < 1.29 is 24.5 Å². The average Bonchev–Trinajstić information content (AvgIpc) is 3.16. The van der Waals surface area contributed by atoms with Crippen LogP contribution in [0.15, 0.2) is 24.3 Å². The number of hydrogen-bond acceptors (Lipinski definition) is 5. The summed E-state index contributed by atoms with van der Waals surface area (Å²) >= 11 is 0. The molecule has 0 aromatic carbocycles. The lowest BCUT2D eigenvalue weighted by Crippen LogP contribution is -2.46. The molecule has 1 amide bonds. The first-order valence-electron chi connectivity index (χ1n) is 23.6. The number of carbonyl (C=O) groups is 2. The Kier molecular flexibility index (Phi) is 41.2. The standard InChI is InChI=1S/C48H91NO5/c1-4-7-10-13-16-18-19-20-21-22-23-24-25-26-27-29-32-35-38-41-48(53)54-44(39-36-33-30-15-12-9-6-3)42-47(52)49-45(43-50)46(51)40-37-34-31-28-17-14-11-8-5-2/h16,18,20-21,44-46,50-51H,4-15,17,19,22-43H2,1-3H3,(H,49,52)/b18-16-,21-20-. The molecule has 0 aromatic rings. The SMILES string of the molecule is CCCCC/C=C\C/C=C\CCCCCCCCCCCC(=O)OC(CCCCCCCCC)CC(=O)NC(CO)C(O)CCCCCCCCCCC. The van der Waals surface area contributed by atoms with E-state index >= 15 is 0 Å². The Morgan fingerprint density at radius 2 is 0.944 bits per heavy atom. The minimum Gasteiger partial charge on any atom is -0.462 e. The molecule has 0 spiro atoms. The molecule has 0 aromatic heterocycles. The zero-order valence-corrected chi connectivity index (χ0v) is 36.1. The second-order valence-electron chi connectivity index (χ2n) is 16.2. The van der Waals surface area contributed by atoms with E-state index in [1.807, 2.05) is 0 Å². The predicted octanol–water partition coefficient (Wildman–Crippen LogP) is 13.6. The second kappa shape index (κ2) is 42.5. The molecular formula is C48H91NO5. The molecule has 0 radical (unpaired) electrons. The van der Waals surface area contributed by atoms with Crippen molar-refractivity contribution in [1.29, 1.82) is 0 Å². The molecule has 3 atom stereocenters. The summed E-state index contributed by atoms with van der Waals surface area (Å²) < 4.78 is 5.88. The van der Waals surface area contributed by atoms with Crippen molar-refractivity contribution in [3.8, 4) is 0 Å². The van der Waals surface area contributed by atoms with E-state index in [0.29, 0.717) is 19.3 Å². The summed E-state index contributed by atoms with van der Waals surface area (Å²) in [6, 6.07) is -0.694. The quantitative estimate of drug-likeness (QED) is 0.0327. The van der Waals surface area contributed by atoms with Crippen LogP contribution in [0, 0.1) is 0 Å². The normalized spacial score (nSPS) is 13.5. The van der Waals surface area contributed by atoms with Crippen molar-refractivity contribution in [3.05, 3.63) is 24.3 Å². The molecule has 0 saturated heterocycles. The number of hydrogen-bond donors (Lipinski definition) is 3. The van der Waals surface area contributed by atoms with E-state index in [-0.39, 0.29) is 24.9 Å². The van der Waals surface area contributed by atoms with E-state index in [2.05, 4.69) is 50.4 Å². The summed E-state index contributed by atoms with van der Waals surface area (Å²) in [5.41, 5.74) is 0. The largest absolute Gasteiger partial charge is 0.462 e. The molecule has 0 aliphatic rings. The summed E-state index contributed by atoms with van der Waals surface area (Å²) in [7, 11) is 0. The van der Waals surface area contributed by atoms with Gasteiger partial charge in [-0.05, 0) is 57.8 Å². The molecule has 6 nitrogen and oxygen atoms in total. The van der Waals surface area contributed by atoms with Gasteiger partial charge in [-0.3, -0.25) is 9.59 Å². The molecule has 3 unspecified atom stereocenters.